The van der Waals surface area contributed by atoms with Gasteiger partial charge >= 0.3 is 0 Å². The average Bonchev–Trinajstić information content (AvgIpc) is 2.18. The van der Waals surface area contributed by atoms with E-state index in [4.69, 9.17) is 5.21 Å². The highest BCUT2D eigenvalue weighted by Crippen LogP contribution is 2.12. The predicted molar refractivity (Wildman–Crippen MR) is 54.9 cm³/mol. The van der Waals surface area contributed by atoms with Gasteiger partial charge < -0.3 is 0 Å². The van der Waals surface area contributed by atoms with E-state index in [0.29, 0.717) is 0 Å². The van der Waals surface area contributed by atoms with Crippen LogP contribution in [0, 0.1) is 6.92 Å². The number of sulfonamides is 1. The SMILES string of the molecule is Cc1ccc(S(=O)(=O)N=CNNO)cc1. The summed E-state index contributed by atoms with van der Waals surface area (Å²) in [5.74, 6) is 0. The molecular weight excluding hydrogens is 218 g/mol. The lowest BCUT2D eigenvalue weighted by atomic mass is 10.2. The monoisotopic (exact) mass is 229 g/mol. The Kier molecular flexibility index (Phi) is 3.78. The molecule has 0 saturated carbocycles. The standard InChI is InChI=1S/C8H11N3O3S/c1-7-2-4-8(5-3-7)15(13,14)10-6-9-11-12/h2-6,11-12H,1H3,(H,9,10). The van der Waals surface area contributed by atoms with E-state index >= 15 is 0 Å². The van der Waals surface area contributed by atoms with Gasteiger partial charge in [-0.1, -0.05) is 17.7 Å². The first-order valence-corrected chi connectivity index (χ1v) is 5.50. The van der Waals surface area contributed by atoms with E-state index in [2.05, 4.69) is 4.40 Å². The Morgan fingerprint density at radius 2 is 1.93 bits per heavy atom. The fraction of sp³-hybridized carbons (Fsp3) is 0.125. The van der Waals surface area contributed by atoms with Crippen LogP contribution in [0.4, 0.5) is 0 Å². The third kappa shape index (κ3) is 3.31. The van der Waals surface area contributed by atoms with Gasteiger partial charge in [0.05, 0.1) is 4.90 Å². The normalized spacial score (nSPS) is 11.9. The van der Waals surface area contributed by atoms with Gasteiger partial charge in [0, 0.05) is 0 Å². The summed E-state index contributed by atoms with van der Waals surface area (Å²) in [6, 6.07) is 6.29. The Balaban J connectivity index is 2.91. The van der Waals surface area contributed by atoms with Crippen molar-refractivity contribution in [2.75, 3.05) is 0 Å². The minimum atomic E-state index is -3.69. The molecule has 0 bridgehead atoms. The third-order valence-electron chi connectivity index (χ3n) is 1.64. The molecule has 0 radical (unpaired) electrons. The average molecular weight is 229 g/mol. The van der Waals surface area contributed by atoms with Crippen LogP contribution in [-0.4, -0.2) is 20.0 Å². The maximum atomic E-state index is 11.5. The maximum absolute atomic E-state index is 11.5. The number of hydrogen-bond donors (Lipinski definition) is 3. The van der Waals surface area contributed by atoms with Crippen LogP contribution in [0.15, 0.2) is 33.6 Å². The van der Waals surface area contributed by atoms with Crippen LogP contribution in [0.25, 0.3) is 0 Å². The summed E-state index contributed by atoms with van der Waals surface area (Å²) in [6.45, 7) is 1.86. The molecule has 0 heterocycles. The minimum absolute atomic E-state index is 0.101. The van der Waals surface area contributed by atoms with Gasteiger partial charge in [0.25, 0.3) is 10.0 Å². The van der Waals surface area contributed by atoms with Crippen molar-refractivity contribution in [2.24, 2.45) is 4.40 Å². The largest absolute Gasteiger partial charge is 0.297 e. The van der Waals surface area contributed by atoms with Gasteiger partial charge in [-0.15, -0.1) is 9.99 Å². The summed E-state index contributed by atoms with van der Waals surface area (Å²) in [4.78, 5) is 0.101. The molecule has 1 rings (SSSR count). The number of nitrogens with one attached hydrogen (secondary N) is 2. The van der Waals surface area contributed by atoms with Gasteiger partial charge in [-0.3, -0.25) is 10.6 Å². The third-order valence-corrected chi connectivity index (χ3v) is 2.89. The molecule has 0 amide bonds. The Morgan fingerprint density at radius 3 is 2.47 bits per heavy atom. The molecular formula is C8H11N3O3S. The van der Waals surface area contributed by atoms with Crippen molar-refractivity contribution in [3.05, 3.63) is 29.8 Å². The van der Waals surface area contributed by atoms with E-state index in [1.807, 2.05) is 12.3 Å². The van der Waals surface area contributed by atoms with Gasteiger partial charge in [0.2, 0.25) is 0 Å². The lowest BCUT2D eigenvalue weighted by molar-refractivity contribution is 0.146. The number of aryl methyl sites for hydroxylation is 1. The maximum Gasteiger partial charge on any atom is 0.283 e. The number of hydrogen-bond acceptors (Lipinski definition) is 4. The van der Waals surface area contributed by atoms with Gasteiger partial charge in [-0.2, -0.15) is 8.42 Å². The minimum Gasteiger partial charge on any atom is -0.297 e. The van der Waals surface area contributed by atoms with E-state index in [-0.39, 0.29) is 4.90 Å². The van der Waals surface area contributed by atoms with Gasteiger partial charge in [0.15, 0.2) is 0 Å². The Labute approximate surface area is 87.6 Å². The fourth-order valence-electron chi connectivity index (χ4n) is 0.896. The number of hydrazine groups is 1. The highest BCUT2D eigenvalue weighted by Gasteiger charge is 2.10. The van der Waals surface area contributed by atoms with Gasteiger partial charge in [0.1, 0.15) is 6.34 Å². The van der Waals surface area contributed by atoms with E-state index in [1.54, 1.807) is 12.1 Å². The van der Waals surface area contributed by atoms with Crippen molar-refractivity contribution >= 4 is 16.4 Å². The zero-order valence-electron chi connectivity index (χ0n) is 8.01. The topological polar surface area (TPSA) is 90.8 Å². The number of benzene rings is 1. The molecule has 3 N–H and O–H groups in total. The molecule has 0 unspecified atom stereocenters. The quantitative estimate of drug-likeness (QED) is 0.389. The molecule has 0 spiro atoms. The summed E-state index contributed by atoms with van der Waals surface area (Å²) in [7, 11) is -3.69. The van der Waals surface area contributed by atoms with Crippen LogP contribution >= 0.6 is 0 Å². The van der Waals surface area contributed by atoms with Crippen LogP contribution in [0.1, 0.15) is 5.56 Å². The van der Waals surface area contributed by atoms with Crippen molar-refractivity contribution in [1.82, 2.24) is 11.0 Å². The smallest absolute Gasteiger partial charge is 0.283 e. The fourth-order valence-corrected chi connectivity index (χ4v) is 1.69. The van der Waals surface area contributed by atoms with Crippen molar-refractivity contribution in [3.63, 3.8) is 0 Å². The number of nitrogens with zero attached hydrogens (tertiary/aromatic N) is 1. The zero-order chi connectivity index (χ0) is 11.3. The second kappa shape index (κ2) is 4.87. The molecule has 0 fully saturated rings. The van der Waals surface area contributed by atoms with Crippen molar-refractivity contribution in [1.29, 1.82) is 0 Å². The summed E-state index contributed by atoms with van der Waals surface area (Å²) in [6.07, 6.45) is 0.842. The summed E-state index contributed by atoms with van der Waals surface area (Å²) >= 11 is 0. The van der Waals surface area contributed by atoms with E-state index < -0.39 is 10.0 Å². The number of rotatable bonds is 4. The highest BCUT2D eigenvalue weighted by atomic mass is 32.2. The van der Waals surface area contributed by atoms with E-state index in [9.17, 15) is 8.42 Å². The van der Waals surface area contributed by atoms with Crippen molar-refractivity contribution in [3.8, 4) is 0 Å². The zero-order valence-corrected chi connectivity index (χ0v) is 8.82. The molecule has 7 heteroatoms. The van der Waals surface area contributed by atoms with Gasteiger partial charge in [-0.05, 0) is 19.1 Å². The van der Waals surface area contributed by atoms with Crippen molar-refractivity contribution in [2.45, 2.75) is 11.8 Å². The first-order chi connectivity index (χ1) is 7.06. The Morgan fingerprint density at radius 1 is 1.33 bits per heavy atom. The molecule has 15 heavy (non-hydrogen) atoms. The summed E-state index contributed by atoms with van der Waals surface area (Å²) in [5.41, 5.74) is 4.52. The van der Waals surface area contributed by atoms with Crippen molar-refractivity contribution < 1.29 is 13.6 Å². The van der Waals surface area contributed by atoms with Crippen LogP contribution in [-0.2, 0) is 10.0 Å². The molecule has 0 aromatic heterocycles. The Hall–Kier alpha value is -1.44. The predicted octanol–water partition coefficient (Wildman–Crippen LogP) is 0.195. The lowest BCUT2D eigenvalue weighted by Gasteiger charge is -1.99. The molecule has 6 nitrogen and oxygen atoms in total. The first kappa shape index (κ1) is 11.6. The molecule has 82 valence electrons. The van der Waals surface area contributed by atoms with Crippen LogP contribution < -0.4 is 11.0 Å². The summed E-state index contributed by atoms with van der Waals surface area (Å²) < 4.78 is 26.2. The summed E-state index contributed by atoms with van der Waals surface area (Å²) in [5, 5.41) is 8.12. The second-order valence-electron chi connectivity index (χ2n) is 2.78. The molecule has 0 aliphatic carbocycles. The first-order valence-electron chi connectivity index (χ1n) is 4.06. The molecule has 0 aliphatic heterocycles. The van der Waals surface area contributed by atoms with Crippen LogP contribution in [0.5, 0.6) is 0 Å². The molecule has 1 aromatic rings. The van der Waals surface area contributed by atoms with Gasteiger partial charge in [-0.25, -0.2) is 0 Å². The highest BCUT2D eigenvalue weighted by molar-refractivity contribution is 7.90. The molecule has 0 atom stereocenters. The molecule has 0 aliphatic rings. The van der Waals surface area contributed by atoms with E-state index in [0.717, 1.165) is 11.9 Å². The van der Waals surface area contributed by atoms with Crippen LogP contribution in [0.3, 0.4) is 0 Å². The molecule has 1 aromatic carbocycles. The van der Waals surface area contributed by atoms with Crippen LogP contribution in [0.2, 0.25) is 0 Å². The Bertz CT molecular complexity index is 439. The van der Waals surface area contributed by atoms with E-state index in [1.165, 1.54) is 17.7 Å². The molecule has 0 saturated heterocycles. The lowest BCUT2D eigenvalue weighted by Crippen LogP contribution is -2.26. The second-order valence-corrected chi connectivity index (χ2v) is 4.41.